The lowest BCUT2D eigenvalue weighted by atomic mass is 9.98. The number of alkyl carbamates (subject to hydrolysis) is 1. The van der Waals surface area contributed by atoms with E-state index in [4.69, 9.17) is 9.47 Å². The maximum Gasteiger partial charge on any atom is 0.407 e. The van der Waals surface area contributed by atoms with Crippen LogP contribution in [0.3, 0.4) is 0 Å². The van der Waals surface area contributed by atoms with Crippen molar-refractivity contribution in [3.63, 3.8) is 0 Å². The van der Waals surface area contributed by atoms with Crippen LogP contribution in [0, 0.1) is 0 Å². The zero-order chi connectivity index (χ0) is 22.2. The van der Waals surface area contributed by atoms with E-state index in [-0.39, 0.29) is 25.7 Å². The summed E-state index contributed by atoms with van der Waals surface area (Å²) in [6, 6.07) is 14.9. The van der Waals surface area contributed by atoms with Gasteiger partial charge in [0.2, 0.25) is 5.91 Å². The van der Waals surface area contributed by atoms with Crippen molar-refractivity contribution in [2.24, 2.45) is 0 Å². The lowest BCUT2D eigenvalue weighted by Crippen LogP contribution is -2.53. The lowest BCUT2D eigenvalue weighted by Gasteiger charge is -2.32. The van der Waals surface area contributed by atoms with E-state index in [1.165, 1.54) is 0 Å². The van der Waals surface area contributed by atoms with Crippen molar-refractivity contribution in [1.29, 1.82) is 0 Å². The number of carbonyl (C=O) groups excluding carboxylic acids is 2. The molecular weight excluding hydrogens is 400 g/mol. The van der Waals surface area contributed by atoms with Gasteiger partial charge >= 0.3 is 12.1 Å². The topological polar surface area (TPSA) is 105 Å². The SMILES string of the molecule is CC1(C)OCC(C(=O)O)N1C(=O)CNC(=O)OCC1c2ccccc2-c2ccccc21. The summed E-state index contributed by atoms with van der Waals surface area (Å²) in [6.45, 7) is 2.87. The Hall–Kier alpha value is -3.39. The molecule has 0 spiro atoms. The molecule has 4 rings (SSSR count). The molecule has 2 aromatic carbocycles. The highest BCUT2D eigenvalue weighted by molar-refractivity contribution is 5.88. The first-order valence-corrected chi connectivity index (χ1v) is 10.1. The fourth-order valence-electron chi connectivity index (χ4n) is 4.34. The van der Waals surface area contributed by atoms with E-state index in [2.05, 4.69) is 5.32 Å². The van der Waals surface area contributed by atoms with Crippen LogP contribution >= 0.6 is 0 Å². The molecule has 8 nitrogen and oxygen atoms in total. The van der Waals surface area contributed by atoms with Crippen LogP contribution in [-0.4, -0.2) is 59.5 Å². The van der Waals surface area contributed by atoms with Crippen molar-refractivity contribution in [2.45, 2.75) is 31.5 Å². The Kier molecular flexibility index (Phi) is 5.41. The van der Waals surface area contributed by atoms with Crippen molar-refractivity contribution in [2.75, 3.05) is 19.8 Å². The summed E-state index contributed by atoms with van der Waals surface area (Å²) in [5.74, 6) is -1.79. The number of fused-ring (bicyclic) bond motifs is 3. The Labute approximate surface area is 179 Å². The average Bonchev–Trinajstić information content (AvgIpc) is 3.24. The van der Waals surface area contributed by atoms with Crippen LogP contribution in [0.25, 0.3) is 11.1 Å². The molecule has 1 heterocycles. The normalized spacial score (nSPS) is 18.9. The maximum absolute atomic E-state index is 12.6. The Balaban J connectivity index is 1.37. The molecule has 8 heteroatoms. The van der Waals surface area contributed by atoms with Crippen LogP contribution in [0.4, 0.5) is 4.79 Å². The number of carboxylic acids is 1. The summed E-state index contributed by atoms with van der Waals surface area (Å²) in [4.78, 5) is 37.4. The summed E-state index contributed by atoms with van der Waals surface area (Å²) in [7, 11) is 0. The lowest BCUT2D eigenvalue weighted by molar-refractivity contribution is -0.154. The van der Waals surface area contributed by atoms with Gasteiger partial charge in [-0.05, 0) is 36.1 Å². The van der Waals surface area contributed by atoms with Gasteiger partial charge in [-0.25, -0.2) is 9.59 Å². The number of rotatable bonds is 5. The second-order valence-electron chi connectivity index (χ2n) is 8.05. The van der Waals surface area contributed by atoms with Gasteiger partial charge in [-0.15, -0.1) is 0 Å². The van der Waals surface area contributed by atoms with Gasteiger partial charge in [-0.3, -0.25) is 9.69 Å². The minimum Gasteiger partial charge on any atom is -0.480 e. The molecule has 1 fully saturated rings. The van der Waals surface area contributed by atoms with Crippen LogP contribution < -0.4 is 5.32 Å². The van der Waals surface area contributed by atoms with Crippen LogP contribution in [0.5, 0.6) is 0 Å². The number of ether oxygens (including phenoxy) is 2. The number of carbonyl (C=O) groups is 3. The van der Waals surface area contributed by atoms with Crippen molar-refractivity contribution >= 4 is 18.0 Å². The Morgan fingerprint density at radius 2 is 1.68 bits per heavy atom. The molecule has 0 bridgehead atoms. The van der Waals surface area contributed by atoms with Crippen molar-refractivity contribution in [3.8, 4) is 11.1 Å². The molecule has 0 saturated carbocycles. The molecule has 2 amide bonds. The molecule has 162 valence electrons. The standard InChI is InChI=1S/C23H24N2O6/c1-23(2)25(19(13-31-23)21(27)28)20(26)11-24-22(29)30-12-18-16-9-5-3-7-14(16)15-8-4-6-10-17(15)18/h3-10,18-19H,11-13H2,1-2H3,(H,24,29)(H,27,28). The Bertz CT molecular complexity index is 989. The predicted octanol–water partition coefficient (Wildman–Crippen LogP) is 2.57. The Morgan fingerprint density at radius 1 is 1.10 bits per heavy atom. The molecule has 0 aromatic heterocycles. The number of nitrogens with one attached hydrogen (secondary N) is 1. The van der Waals surface area contributed by atoms with Crippen molar-refractivity contribution in [1.82, 2.24) is 10.2 Å². The molecule has 2 aromatic rings. The van der Waals surface area contributed by atoms with E-state index in [1.807, 2.05) is 48.5 Å². The van der Waals surface area contributed by atoms with Crippen LogP contribution in [0.15, 0.2) is 48.5 Å². The van der Waals surface area contributed by atoms with Gasteiger partial charge in [0.25, 0.3) is 0 Å². The predicted molar refractivity (Wildman–Crippen MR) is 111 cm³/mol. The van der Waals surface area contributed by atoms with Gasteiger partial charge in [0.05, 0.1) is 6.61 Å². The molecule has 2 N–H and O–H groups in total. The molecular formula is C23H24N2O6. The summed E-state index contributed by atoms with van der Waals surface area (Å²) in [6.07, 6.45) is -0.736. The first-order chi connectivity index (χ1) is 14.8. The average molecular weight is 424 g/mol. The highest BCUT2D eigenvalue weighted by Gasteiger charge is 2.47. The van der Waals surface area contributed by atoms with Crippen LogP contribution in [0.1, 0.15) is 30.9 Å². The molecule has 0 radical (unpaired) electrons. The largest absolute Gasteiger partial charge is 0.480 e. The number of amides is 2. The van der Waals surface area contributed by atoms with E-state index in [0.29, 0.717) is 0 Å². The van der Waals surface area contributed by atoms with Crippen LogP contribution in [-0.2, 0) is 19.1 Å². The monoisotopic (exact) mass is 424 g/mol. The number of hydrogen-bond acceptors (Lipinski definition) is 5. The number of carboxylic acid groups (broad SMARTS) is 1. The molecule has 1 atom stereocenters. The highest BCUT2D eigenvalue weighted by Crippen LogP contribution is 2.44. The minimum absolute atomic E-state index is 0.0869. The number of aliphatic carboxylic acids is 1. The fourth-order valence-corrected chi connectivity index (χ4v) is 4.34. The second-order valence-corrected chi connectivity index (χ2v) is 8.05. The number of nitrogens with zero attached hydrogens (tertiary/aromatic N) is 1. The second kappa shape index (κ2) is 8.03. The quantitative estimate of drug-likeness (QED) is 0.764. The van der Waals surface area contributed by atoms with E-state index in [1.54, 1.807) is 13.8 Å². The van der Waals surface area contributed by atoms with E-state index < -0.39 is 29.7 Å². The first-order valence-electron chi connectivity index (χ1n) is 10.1. The number of benzene rings is 2. The van der Waals surface area contributed by atoms with E-state index >= 15 is 0 Å². The highest BCUT2D eigenvalue weighted by atomic mass is 16.5. The van der Waals surface area contributed by atoms with Gasteiger partial charge in [-0.2, -0.15) is 0 Å². The van der Waals surface area contributed by atoms with Crippen molar-refractivity contribution < 1.29 is 29.0 Å². The zero-order valence-corrected chi connectivity index (χ0v) is 17.3. The maximum atomic E-state index is 12.6. The molecule has 1 unspecified atom stereocenters. The number of hydrogen-bond donors (Lipinski definition) is 2. The molecule has 31 heavy (non-hydrogen) atoms. The zero-order valence-electron chi connectivity index (χ0n) is 17.3. The van der Waals surface area contributed by atoms with Crippen molar-refractivity contribution in [3.05, 3.63) is 59.7 Å². The van der Waals surface area contributed by atoms with Gasteiger partial charge in [0.1, 0.15) is 18.9 Å². The Morgan fingerprint density at radius 3 is 2.26 bits per heavy atom. The smallest absolute Gasteiger partial charge is 0.407 e. The minimum atomic E-state index is -1.15. The molecule has 1 aliphatic carbocycles. The van der Waals surface area contributed by atoms with Gasteiger partial charge in [0.15, 0.2) is 6.04 Å². The third-order valence-corrected chi connectivity index (χ3v) is 5.77. The summed E-state index contributed by atoms with van der Waals surface area (Å²) in [5, 5.41) is 11.7. The summed E-state index contributed by atoms with van der Waals surface area (Å²) < 4.78 is 10.8. The summed E-state index contributed by atoms with van der Waals surface area (Å²) >= 11 is 0. The molecule has 1 saturated heterocycles. The molecule has 2 aliphatic rings. The van der Waals surface area contributed by atoms with E-state index in [0.717, 1.165) is 27.2 Å². The van der Waals surface area contributed by atoms with Gasteiger partial charge in [0, 0.05) is 5.92 Å². The van der Waals surface area contributed by atoms with Gasteiger partial charge < -0.3 is 19.9 Å². The van der Waals surface area contributed by atoms with Gasteiger partial charge in [-0.1, -0.05) is 48.5 Å². The first kappa shape index (κ1) is 20.9. The third kappa shape index (κ3) is 3.86. The molecule has 1 aliphatic heterocycles. The third-order valence-electron chi connectivity index (χ3n) is 5.77. The fraction of sp³-hybridized carbons (Fsp3) is 0.348. The summed E-state index contributed by atoms with van der Waals surface area (Å²) in [5.41, 5.74) is 3.36. The van der Waals surface area contributed by atoms with E-state index in [9.17, 15) is 19.5 Å². The van der Waals surface area contributed by atoms with Crippen LogP contribution in [0.2, 0.25) is 0 Å².